The average Bonchev–Trinajstić information content (AvgIpc) is 3.06. The molecule has 6 heteroatoms. The summed E-state index contributed by atoms with van der Waals surface area (Å²) in [4.78, 5) is 19.4. The molecule has 4 nitrogen and oxygen atoms in total. The lowest BCUT2D eigenvalue weighted by atomic mass is 9.99. The minimum absolute atomic E-state index is 0.0856. The third kappa shape index (κ3) is 1.82. The predicted molar refractivity (Wildman–Crippen MR) is 84.1 cm³/mol. The van der Waals surface area contributed by atoms with Gasteiger partial charge in [0.15, 0.2) is 4.77 Å². The summed E-state index contributed by atoms with van der Waals surface area (Å²) in [6.07, 6.45) is 4.78. The first-order valence-corrected chi connectivity index (χ1v) is 8.50. The first-order chi connectivity index (χ1) is 9.75. The molecule has 2 saturated heterocycles. The molecular weight excluding hydrogens is 290 g/mol. The molecule has 0 bridgehead atoms. The van der Waals surface area contributed by atoms with E-state index < -0.39 is 0 Å². The second kappa shape index (κ2) is 4.79. The Hall–Kier alpha value is -0.980. The number of thiophene rings is 1. The molecule has 4 rings (SSSR count). The molecule has 0 aliphatic carbocycles. The van der Waals surface area contributed by atoms with Gasteiger partial charge in [0, 0.05) is 12.6 Å². The van der Waals surface area contributed by atoms with Gasteiger partial charge in [-0.15, -0.1) is 11.3 Å². The number of rotatable bonds is 1. The van der Waals surface area contributed by atoms with Crippen molar-refractivity contribution in [3.63, 3.8) is 0 Å². The van der Waals surface area contributed by atoms with Crippen molar-refractivity contribution < 1.29 is 0 Å². The van der Waals surface area contributed by atoms with Crippen molar-refractivity contribution >= 4 is 33.8 Å². The average molecular weight is 307 g/mol. The molecular formula is C14H17N3OS2. The number of hydrogen-bond donors (Lipinski definition) is 1. The quantitative estimate of drug-likeness (QED) is 0.824. The Balaban J connectivity index is 1.86. The Morgan fingerprint density at radius 3 is 3.05 bits per heavy atom. The molecule has 0 saturated carbocycles. The zero-order valence-electron chi connectivity index (χ0n) is 11.2. The molecule has 106 valence electrons. The highest BCUT2D eigenvalue weighted by molar-refractivity contribution is 7.71. The number of fused-ring (bicyclic) bond motifs is 2. The van der Waals surface area contributed by atoms with E-state index in [1.165, 1.54) is 25.8 Å². The smallest absolute Gasteiger partial charge is 0.263 e. The van der Waals surface area contributed by atoms with Crippen LogP contribution in [0, 0.1) is 4.77 Å². The van der Waals surface area contributed by atoms with Gasteiger partial charge >= 0.3 is 0 Å². The van der Waals surface area contributed by atoms with Gasteiger partial charge in [0.25, 0.3) is 5.56 Å². The molecule has 2 aliphatic heterocycles. The van der Waals surface area contributed by atoms with Crippen molar-refractivity contribution in [2.24, 2.45) is 0 Å². The number of nitrogens with one attached hydrogen (secondary N) is 1. The van der Waals surface area contributed by atoms with Gasteiger partial charge in [0.05, 0.1) is 11.4 Å². The third-order valence-corrected chi connectivity index (χ3v) is 5.83. The maximum atomic E-state index is 12.7. The van der Waals surface area contributed by atoms with Gasteiger partial charge < -0.3 is 4.98 Å². The van der Waals surface area contributed by atoms with Crippen molar-refractivity contribution in [2.45, 2.75) is 37.8 Å². The third-order valence-electron chi connectivity index (χ3n) is 4.71. The molecule has 2 aliphatic rings. The first-order valence-electron chi connectivity index (χ1n) is 7.22. The Morgan fingerprint density at radius 2 is 2.15 bits per heavy atom. The zero-order valence-corrected chi connectivity index (χ0v) is 12.8. The van der Waals surface area contributed by atoms with E-state index in [0.717, 1.165) is 23.2 Å². The van der Waals surface area contributed by atoms with Crippen molar-refractivity contribution in [3.8, 4) is 0 Å². The number of piperidine rings is 1. The fourth-order valence-electron chi connectivity index (χ4n) is 3.78. The second-order valence-electron chi connectivity index (χ2n) is 5.72. The van der Waals surface area contributed by atoms with Crippen LogP contribution in [0.1, 0.15) is 31.7 Å². The molecule has 1 N–H and O–H groups in total. The second-order valence-corrected chi connectivity index (χ2v) is 7.03. The Kier molecular flexibility index (Phi) is 3.05. The topological polar surface area (TPSA) is 41.0 Å². The van der Waals surface area contributed by atoms with E-state index in [4.69, 9.17) is 12.2 Å². The summed E-state index contributed by atoms with van der Waals surface area (Å²) >= 11 is 7.00. The van der Waals surface area contributed by atoms with E-state index in [9.17, 15) is 4.79 Å². The molecule has 2 unspecified atom stereocenters. The Morgan fingerprint density at radius 1 is 1.25 bits per heavy atom. The summed E-state index contributed by atoms with van der Waals surface area (Å²) in [5.74, 6) is 0. The monoisotopic (exact) mass is 307 g/mol. The van der Waals surface area contributed by atoms with Crippen LogP contribution >= 0.6 is 23.6 Å². The minimum Gasteiger partial charge on any atom is -0.323 e. The number of aromatic nitrogens is 2. The van der Waals surface area contributed by atoms with Crippen LogP contribution in [0.3, 0.4) is 0 Å². The van der Waals surface area contributed by atoms with Crippen LogP contribution in [0.2, 0.25) is 0 Å². The number of aromatic amines is 1. The van der Waals surface area contributed by atoms with Gasteiger partial charge in [0.1, 0.15) is 4.83 Å². The molecule has 2 aromatic rings. The molecule has 2 aromatic heterocycles. The largest absolute Gasteiger partial charge is 0.323 e. The highest BCUT2D eigenvalue weighted by Crippen LogP contribution is 2.34. The Labute approximate surface area is 126 Å². The van der Waals surface area contributed by atoms with E-state index in [1.54, 1.807) is 11.3 Å². The van der Waals surface area contributed by atoms with Crippen LogP contribution in [-0.2, 0) is 0 Å². The maximum Gasteiger partial charge on any atom is 0.263 e. The Bertz CT molecular complexity index is 760. The van der Waals surface area contributed by atoms with E-state index in [0.29, 0.717) is 10.8 Å². The summed E-state index contributed by atoms with van der Waals surface area (Å²) in [5, 5.41) is 2.72. The van der Waals surface area contributed by atoms with Gasteiger partial charge in [-0.1, -0.05) is 6.42 Å². The van der Waals surface area contributed by atoms with Crippen LogP contribution in [0.25, 0.3) is 10.2 Å². The molecule has 0 radical (unpaired) electrons. The van der Waals surface area contributed by atoms with Crippen LogP contribution in [0.15, 0.2) is 16.2 Å². The fourth-order valence-corrected chi connectivity index (χ4v) is 4.94. The van der Waals surface area contributed by atoms with Crippen molar-refractivity contribution in [1.82, 2.24) is 14.5 Å². The summed E-state index contributed by atoms with van der Waals surface area (Å²) in [5.41, 5.74) is 0.0856. The molecule has 0 aromatic carbocycles. The summed E-state index contributed by atoms with van der Waals surface area (Å²) in [7, 11) is 0. The van der Waals surface area contributed by atoms with Crippen molar-refractivity contribution in [1.29, 1.82) is 0 Å². The van der Waals surface area contributed by atoms with Crippen molar-refractivity contribution in [3.05, 3.63) is 26.6 Å². The van der Waals surface area contributed by atoms with Gasteiger partial charge in [-0.05, 0) is 49.5 Å². The van der Waals surface area contributed by atoms with Crippen LogP contribution in [0.5, 0.6) is 0 Å². The van der Waals surface area contributed by atoms with E-state index in [1.807, 2.05) is 16.0 Å². The van der Waals surface area contributed by atoms with Gasteiger partial charge in [-0.3, -0.25) is 14.3 Å². The van der Waals surface area contributed by atoms with Gasteiger partial charge in [0.2, 0.25) is 0 Å². The number of H-pyrrole nitrogens is 1. The zero-order chi connectivity index (χ0) is 13.7. The minimum atomic E-state index is 0.0856. The molecule has 0 spiro atoms. The molecule has 4 heterocycles. The molecule has 2 atom stereocenters. The van der Waals surface area contributed by atoms with Gasteiger partial charge in [-0.2, -0.15) is 0 Å². The highest BCUT2D eigenvalue weighted by Gasteiger charge is 2.37. The highest BCUT2D eigenvalue weighted by atomic mass is 32.1. The lowest BCUT2D eigenvalue weighted by molar-refractivity contribution is 0.171. The molecule has 2 fully saturated rings. The summed E-state index contributed by atoms with van der Waals surface area (Å²) in [6, 6.07) is 2.64. The molecule has 20 heavy (non-hydrogen) atoms. The van der Waals surface area contributed by atoms with E-state index in [-0.39, 0.29) is 11.6 Å². The summed E-state index contributed by atoms with van der Waals surface area (Å²) in [6.45, 7) is 2.27. The van der Waals surface area contributed by atoms with E-state index in [2.05, 4.69) is 9.88 Å². The van der Waals surface area contributed by atoms with E-state index >= 15 is 0 Å². The fraction of sp³-hybridized carbons (Fsp3) is 0.571. The van der Waals surface area contributed by atoms with Gasteiger partial charge in [-0.25, -0.2) is 0 Å². The van der Waals surface area contributed by atoms with Crippen LogP contribution in [-0.4, -0.2) is 33.6 Å². The van der Waals surface area contributed by atoms with Crippen LogP contribution in [0.4, 0.5) is 0 Å². The molecule has 0 amide bonds. The first kappa shape index (κ1) is 12.7. The van der Waals surface area contributed by atoms with Crippen LogP contribution < -0.4 is 5.56 Å². The standard InChI is InChI=1S/C14H17N3OS2/c18-13-9-5-8-20-12(9)15-14(19)17(13)11-4-7-16-6-2-1-3-10(11)16/h5,8,10-11H,1-4,6-7H2,(H,15,19). The summed E-state index contributed by atoms with van der Waals surface area (Å²) < 4.78 is 2.43. The number of nitrogens with zero attached hydrogens (tertiary/aromatic N) is 2. The lowest BCUT2D eigenvalue weighted by Crippen LogP contribution is -2.40. The SMILES string of the molecule is O=c1c2ccsc2[nH]c(=S)n1C1CCN2CCCCC12. The predicted octanol–water partition coefficient (Wildman–Crippen LogP) is 2.92. The normalized spacial score (nSPS) is 27.0. The maximum absolute atomic E-state index is 12.7. The lowest BCUT2D eigenvalue weighted by Gasteiger charge is -2.32. The number of hydrogen-bond acceptors (Lipinski definition) is 4. The van der Waals surface area contributed by atoms with Crippen molar-refractivity contribution in [2.75, 3.05) is 13.1 Å².